The Bertz CT molecular complexity index is 632. The lowest BCUT2D eigenvalue weighted by Crippen LogP contribution is -2.32. The Morgan fingerprint density at radius 3 is 2.39 bits per heavy atom. The highest BCUT2D eigenvalue weighted by Crippen LogP contribution is 2.36. The molecule has 1 amide bonds. The van der Waals surface area contributed by atoms with E-state index in [1.165, 1.54) is 16.7 Å². The molecule has 0 aromatic heterocycles. The highest BCUT2D eigenvalue weighted by Gasteiger charge is 2.17. The summed E-state index contributed by atoms with van der Waals surface area (Å²) in [7, 11) is 0. The van der Waals surface area contributed by atoms with Crippen molar-refractivity contribution in [3.63, 3.8) is 0 Å². The molecule has 0 saturated heterocycles. The third-order valence-electron chi connectivity index (χ3n) is 3.00. The van der Waals surface area contributed by atoms with Gasteiger partial charge in [-0.2, -0.15) is 0 Å². The van der Waals surface area contributed by atoms with Crippen LogP contribution in [0.5, 0.6) is 0 Å². The van der Waals surface area contributed by atoms with Crippen molar-refractivity contribution in [2.75, 3.05) is 12.3 Å². The van der Waals surface area contributed by atoms with Crippen LogP contribution in [0.15, 0.2) is 58.3 Å². The summed E-state index contributed by atoms with van der Waals surface area (Å²) in [6.45, 7) is 2.48. The van der Waals surface area contributed by atoms with Crippen molar-refractivity contribution in [2.45, 2.75) is 22.0 Å². The van der Waals surface area contributed by atoms with E-state index in [1.54, 1.807) is 30.0 Å². The van der Waals surface area contributed by atoms with Crippen LogP contribution in [-0.2, 0) is 4.79 Å². The van der Waals surface area contributed by atoms with Crippen LogP contribution in [0.25, 0.3) is 0 Å². The van der Waals surface area contributed by atoms with E-state index in [0.717, 1.165) is 10.6 Å². The lowest BCUT2D eigenvalue weighted by molar-refractivity contribution is -0.120. The highest BCUT2D eigenvalue weighted by atomic mass is 35.5. The van der Waals surface area contributed by atoms with Gasteiger partial charge in [-0.15, -0.1) is 23.5 Å². The van der Waals surface area contributed by atoms with Crippen molar-refractivity contribution < 1.29 is 4.79 Å². The molecule has 2 nitrogen and oxygen atoms in total. The van der Waals surface area contributed by atoms with Crippen molar-refractivity contribution in [1.82, 2.24) is 5.32 Å². The Labute approximate surface area is 155 Å². The topological polar surface area (TPSA) is 29.1 Å². The maximum atomic E-state index is 12.2. The van der Waals surface area contributed by atoms with Gasteiger partial charge in [0.05, 0.1) is 15.3 Å². The number of nitrogens with one attached hydrogen (secondary N) is 1. The van der Waals surface area contributed by atoms with Crippen molar-refractivity contribution in [3.05, 3.63) is 58.6 Å². The van der Waals surface area contributed by atoms with Crippen LogP contribution >= 0.6 is 46.7 Å². The third-order valence-corrected chi connectivity index (χ3v) is 6.11. The van der Waals surface area contributed by atoms with Gasteiger partial charge in [-0.25, -0.2) is 0 Å². The largest absolute Gasteiger partial charge is 0.354 e. The molecule has 0 fully saturated rings. The quantitative estimate of drug-likeness (QED) is 0.512. The molecule has 0 aliphatic heterocycles. The number of thioether (sulfide) groups is 2. The summed E-state index contributed by atoms with van der Waals surface area (Å²) in [6, 6.07) is 15.5. The first-order valence-electron chi connectivity index (χ1n) is 7.14. The maximum Gasteiger partial charge on any atom is 0.233 e. The average molecular weight is 386 g/mol. The van der Waals surface area contributed by atoms with Gasteiger partial charge in [-0.1, -0.05) is 47.5 Å². The van der Waals surface area contributed by atoms with Crippen LogP contribution in [0.2, 0.25) is 10.0 Å². The highest BCUT2D eigenvalue weighted by molar-refractivity contribution is 8.00. The van der Waals surface area contributed by atoms with E-state index in [0.29, 0.717) is 16.6 Å². The normalized spacial score (nSPS) is 12.0. The Morgan fingerprint density at radius 2 is 1.74 bits per heavy atom. The number of carbonyl (C=O) groups is 1. The monoisotopic (exact) mass is 385 g/mol. The van der Waals surface area contributed by atoms with Crippen LogP contribution in [0.4, 0.5) is 0 Å². The summed E-state index contributed by atoms with van der Waals surface area (Å²) in [4.78, 5) is 14.1. The first-order valence-corrected chi connectivity index (χ1v) is 9.76. The van der Waals surface area contributed by atoms with Crippen LogP contribution in [0, 0.1) is 0 Å². The molecule has 0 radical (unpaired) electrons. The van der Waals surface area contributed by atoms with Crippen LogP contribution in [0.3, 0.4) is 0 Å². The number of hydrogen-bond donors (Lipinski definition) is 1. The molecule has 0 aliphatic carbocycles. The summed E-state index contributed by atoms with van der Waals surface area (Å²) < 4.78 is 0. The first-order chi connectivity index (χ1) is 11.1. The minimum atomic E-state index is -0.255. The van der Waals surface area contributed by atoms with Crippen molar-refractivity contribution in [2.24, 2.45) is 0 Å². The minimum absolute atomic E-state index is 0.0142. The van der Waals surface area contributed by atoms with Gasteiger partial charge in [0, 0.05) is 22.1 Å². The van der Waals surface area contributed by atoms with E-state index in [9.17, 15) is 4.79 Å². The molecule has 122 valence electrons. The maximum absolute atomic E-state index is 12.2. The molecule has 1 atom stereocenters. The molecule has 1 N–H and O–H groups in total. The molecule has 2 aromatic rings. The van der Waals surface area contributed by atoms with Gasteiger partial charge in [0.2, 0.25) is 5.91 Å². The number of carbonyl (C=O) groups excluding carboxylic acids is 1. The molecule has 0 saturated carbocycles. The van der Waals surface area contributed by atoms with Crippen molar-refractivity contribution in [3.8, 4) is 0 Å². The van der Waals surface area contributed by atoms with E-state index in [-0.39, 0.29) is 11.2 Å². The van der Waals surface area contributed by atoms with Gasteiger partial charge in [-0.05, 0) is 31.2 Å². The number of halogens is 2. The van der Waals surface area contributed by atoms with Gasteiger partial charge in [-0.3, -0.25) is 4.79 Å². The van der Waals surface area contributed by atoms with E-state index in [1.807, 2.05) is 25.1 Å². The van der Waals surface area contributed by atoms with E-state index >= 15 is 0 Å². The summed E-state index contributed by atoms with van der Waals surface area (Å²) in [5.41, 5.74) is 0. The van der Waals surface area contributed by atoms with Crippen LogP contribution in [-0.4, -0.2) is 23.5 Å². The SMILES string of the molecule is CC(Sc1c(Cl)cccc1Cl)C(=O)NCCSc1ccccc1. The fourth-order valence-electron chi connectivity index (χ4n) is 1.83. The summed E-state index contributed by atoms with van der Waals surface area (Å²) in [6.07, 6.45) is 0. The Hall–Kier alpha value is -0.810. The van der Waals surface area contributed by atoms with Crippen LogP contribution < -0.4 is 5.32 Å². The summed E-state index contributed by atoms with van der Waals surface area (Å²) >= 11 is 15.4. The number of amides is 1. The molecule has 0 heterocycles. The fourth-order valence-corrected chi connectivity index (χ4v) is 4.19. The van der Waals surface area contributed by atoms with Gasteiger partial charge in [0.1, 0.15) is 0 Å². The molecule has 23 heavy (non-hydrogen) atoms. The Balaban J connectivity index is 1.77. The van der Waals surface area contributed by atoms with E-state index in [4.69, 9.17) is 23.2 Å². The Morgan fingerprint density at radius 1 is 1.09 bits per heavy atom. The summed E-state index contributed by atoms with van der Waals surface area (Å²) in [5.74, 6) is 0.819. The fraction of sp³-hybridized carbons (Fsp3) is 0.235. The first kappa shape index (κ1) is 18.5. The van der Waals surface area contributed by atoms with Gasteiger partial charge in [0.25, 0.3) is 0 Å². The minimum Gasteiger partial charge on any atom is -0.354 e. The van der Waals surface area contributed by atoms with Crippen molar-refractivity contribution in [1.29, 1.82) is 0 Å². The number of hydrogen-bond acceptors (Lipinski definition) is 3. The van der Waals surface area contributed by atoms with E-state index < -0.39 is 0 Å². The number of benzene rings is 2. The Kier molecular flexibility index (Phi) is 7.63. The molecular weight excluding hydrogens is 369 g/mol. The second-order valence-electron chi connectivity index (χ2n) is 4.76. The second-order valence-corrected chi connectivity index (χ2v) is 8.10. The zero-order valence-corrected chi connectivity index (χ0v) is 15.7. The van der Waals surface area contributed by atoms with Gasteiger partial charge >= 0.3 is 0 Å². The zero-order chi connectivity index (χ0) is 16.7. The zero-order valence-electron chi connectivity index (χ0n) is 12.6. The van der Waals surface area contributed by atoms with Gasteiger partial charge in [0.15, 0.2) is 0 Å². The number of rotatable bonds is 7. The van der Waals surface area contributed by atoms with Crippen molar-refractivity contribution >= 4 is 52.6 Å². The average Bonchev–Trinajstić information content (AvgIpc) is 2.55. The predicted molar refractivity (Wildman–Crippen MR) is 102 cm³/mol. The second kappa shape index (κ2) is 9.48. The van der Waals surface area contributed by atoms with Gasteiger partial charge < -0.3 is 5.32 Å². The standard InChI is InChI=1S/C17H17Cl2NOS2/c1-12(23-16-14(18)8-5-9-15(16)19)17(21)20-10-11-22-13-6-3-2-4-7-13/h2-9,12H,10-11H2,1H3,(H,20,21). The lowest BCUT2D eigenvalue weighted by atomic mass is 10.4. The summed E-state index contributed by atoms with van der Waals surface area (Å²) in [5, 5.41) is 3.83. The molecular formula is C17H17Cl2NOS2. The molecule has 2 rings (SSSR count). The third kappa shape index (κ3) is 5.96. The molecule has 1 unspecified atom stereocenters. The lowest BCUT2D eigenvalue weighted by Gasteiger charge is -2.13. The van der Waals surface area contributed by atoms with E-state index in [2.05, 4.69) is 17.4 Å². The van der Waals surface area contributed by atoms with Crippen LogP contribution in [0.1, 0.15) is 6.92 Å². The molecule has 0 bridgehead atoms. The predicted octanol–water partition coefficient (Wildman–Crippen LogP) is 5.38. The smallest absolute Gasteiger partial charge is 0.233 e. The molecule has 0 aliphatic rings. The molecule has 2 aromatic carbocycles. The molecule has 0 spiro atoms. The molecule has 6 heteroatoms.